The molecule has 1 aromatic carbocycles. The molecule has 128 valence electrons. The highest BCUT2D eigenvalue weighted by Crippen LogP contribution is 2.14. The summed E-state index contributed by atoms with van der Waals surface area (Å²) in [5.74, 6) is 0. The quantitative estimate of drug-likeness (QED) is 0.425. The standard InChI is InChI=1S/C19H28O4/c1-2-3-4-5-6-7-8-9-16-10-12-17(13-11-16)14-21-18-15-22-19(20)23-18/h10-13,18H,2-9,14-15H2,1H3. The van der Waals surface area contributed by atoms with Gasteiger partial charge < -0.3 is 14.2 Å². The fourth-order valence-corrected chi connectivity index (χ4v) is 2.67. The largest absolute Gasteiger partial charge is 0.510 e. The molecular weight excluding hydrogens is 292 g/mol. The van der Waals surface area contributed by atoms with Crippen LogP contribution in [-0.4, -0.2) is 19.1 Å². The summed E-state index contributed by atoms with van der Waals surface area (Å²) >= 11 is 0. The highest BCUT2D eigenvalue weighted by atomic mass is 16.8. The van der Waals surface area contributed by atoms with E-state index in [0.717, 1.165) is 12.0 Å². The van der Waals surface area contributed by atoms with E-state index >= 15 is 0 Å². The van der Waals surface area contributed by atoms with Gasteiger partial charge in [-0.15, -0.1) is 0 Å². The van der Waals surface area contributed by atoms with Gasteiger partial charge in [0.05, 0.1) is 6.61 Å². The average molecular weight is 320 g/mol. The zero-order chi connectivity index (χ0) is 16.3. The van der Waals surface area contributed by atoms with Gasteiger partial charge in [-0.25, -0.2) is 4.79 Å². The summed E-state index contributed by atoms with van der Waals surface area (Å²) in [6.07, 6.45) is 9.29. The molecule has 1 aliphatic heterocycles. The van der Waals surface area contributed by atoms with Crippen LogP contribution in [0, 0.1) is 0 Å². The van der Waals surface area contributed by atoms with Crippen LogP contribution in [0.5, 0.6) is 0 Å². The van der Waals surface area contributed by atoms with E-state index in [2.05, 4.69) is 35.9 Å². The summed E-state index contributed by atoms with van der Waals surface area (Å²) in [6, 6.07) is 8.47. The average Bonchev–Trinajstić information content (AvgIpc) is 2.99. The molecule has 0 radical (unpaired) electrons. The zero-order valence-corrected chi connectivity index (χ0v) is 14.1. The maximum absolute atomic E-state index is 10.8. The van der Waals surface area contributed by atoms with Gasteiger partial charge in [0.15, 0.2) is 6.61 Å². The minimum absolute atomic E-state index is 0.176. The van der Waals surface area contributed by atoms with Crippen LogP contribution in [0.4, 0.5) is 4.79 Å². The van der Waals surface area contributed by atoms with E-state index in [9.17, 15) is 4.79 Å². The normalized spacial score (nSPS) is 17.1. The molecule has 4 heteroatoms. The molecule has 0 N–H and O–H groups in total. The van der Waals surface area contributed by atoms with Gasteiger partial charge in [0, 0.05) is 0 Å². The van der Waals surface area contributed by atoms with Crippen LogP contribution in [-0.2, 0) is 27.2 Å². The number of hydrogen-bond acceptors (Lipinski definition) is 4. The second-order valence-corrected chi connectivity index (χ2v) is 6.11. The Hall–Kier alpha value is -1.55. The molecule has 1 aliphatic rings. The third kappa shape index (κ3) is 7.04. The third-order valence-corrected chi connectivity index (χ3v) is 4.09. The molecule has 4 nitrogen and oxygen atoms in total. The monoisotopic (exact) mass is 320 g/mol. The number of rotatable bonds is 11. The van der Waals surface area contributed by atoms with Crippen LogP contribution >= 0.6 is 0 Å². The van der Waals surface area contributed by atoms with Gasteiger partial charge in [0.2, 0.25) is 6.29 Å². The van der Waals surface area contributed by atoms with Crippen LogP contribution < -0.4 is 0 Å². The van der Waals surface area contributed by atoms with E-state index in [-0.39, 0.29) is 6.61 Å². The van der Waals surface area contributed by atoms with Gasteiger partial charge in [-0.2, -0.15) is 0 Å². The second-order valence-electron chi connectivity index (χ2n) is 6.11. The predicted molar refractivity (Wildman–Crippen MR) is 89.1 cm³/mol. The third-order valence-electron chi connectivity index (χ3n) is 4.09. The Kier molecular flexibility index (Phi) is 7.95. The van der Waals surface area contributed by atoms with Crippen molar-refractivity contribution < 1.29 is 19.0 Å². The number of unbranched alkanes of at least 4 members (excludes halogenated alkanes) is 6. The van der Waals surface area contributed by atoms with Crippen molar-refractivity contribution in [1.82, 2.24) is 0 Å². The Morgan fingerprint density at radius 2 is 1.65 bits per heavy atom. The molecule has 0 aromatic heterocycles. The SMILES string of the molecule is CCCCCCCCCc1ccc(COC2COC(=O)O2)cc1. The number of cyclic esters (lactones) is 2. The van der Waals surface area contributed by atoms with E-state index < -0.39 is 12.4 Å². The van der Waals surface area contributed by atoms with Crippen molar-refractivity contribution in [3.63, 3.8) is 0 Å². The number of ether oxygens (including phenoxy) is 3. The molecule has 1 fully saturated rings. The Labute approximate surface area is 139 Å². The fraction of sp³-hybridized carbons (Fsp3) is 0.632. The molecule has 0 spiro atoms. The predicted octanol–water partition coefficient (Wildman–Crippen LogP) is 4.99. The summed E-state index contributed by atoms with van der Waals surface area (Å²) in [5.41, 5.74) is 2.45. The minimum atomic E-state index is -0.653. The molecular formula is C19H28O4. The Morgan fingerprint density at radius 1 is 1.00 bits per heavy atom. The number of carbonyl (C=O) groups is 1. The highest BCUT2D eigenvalue weighted by Gasteiger charge is 2.25. The second kappa shape index (κ2) is 10.3. The number of carbonyl (C=O) groups excluding carboxylic acids is 1. The van der Waals surface area contributed by atoms with Crippen LogP contribution in [0.3, 0.4) is 0 Å². The summed E-state index contributed by atoms with van der Waals surface area (Å²) in [6.45, 7) is 2.86. The Bertz CT molecular complexity index is 455. The van der Waals surface area contributed by atoms with Crippen LogP contribution in [0.1, 0.15) is 63.0 Å². The first-order valence-corrected chi connectivity index (χ1v) is 8.80. The van der Waals surface area contributed by atoms with Gasteiger partial charge in [0.1, 0.15) is 0 Å². The van der Waals surface area contributed by atoms with Crippen molar-refractivity contribution in [2.24, 2.45) is 0 Å². The molecule has 1 saturated heterocycles. The van der Waals surface area contributed by atoms with Crippen LogP contribution in [0.15, 0.2) is 24.3 Å². The van der Waals surface area contributed by atoms with Gasteiger partial charge in [-0.1, -0.05) is 69.7 Å². The maximum Gasteiger partial charge on any atom is 0.510 e. The van der Waals surface area contributed by atoms with Gasteiger partial charge in [-0.3, -0.25) is 0 Å². The molecule has 1 unspecified atom stereocenters. The van der Waals surface area contributed by atoms with Gasteiger partial charge >= 0.3 is 6.16 Å². The van der Waals surface area contributed by atoms with Crippen LogP contribution in [0.25, 0.3) is 0 Å². The van der Waals surface area contributed by atoms with Crippen molar-refractivity contribution in [3.05, 3.63) is 35.4 Å². The molecule has 1 atom stereocenters. The minimum Gasteiger partial charge on any atom is -0.428 e. The first-order chi connectivity index (χ1) is 11.3. The summed E-state index contributed by atoms with van der Waals surface area (Å²) in [4.78, 5) is 10.8. The van der Waals surface area contributed by atoms with E-state index in [1.165, 1.54) is 50.5 Å². The highest BCUT2D eigenvalue weighted by molar-refractivity contribution is 5.61. The molecule has 23 heavy (non-hydrogen) atoms. The smallest absolute Gasteiger partial charge is 0.428 e. The maximum atomic E-state index is 10.8. The number of benzene rings is 1. The topological polar surface area (TPSA) is 44.8 Å². The van der Waals surface area contributed by atoms with Crippen molar-refractivity contribution >= 4 is 6.16 Å². The van der Waals surface area contributed by atoms with E-state index in [1.807, 2.05) is 0 Å². The summed E-state index contributed by atoms with van der Waals surface area (Å²) in [7, 11) is 0. The molecule has 0 aliphatic carbocycles. The summed E-state index contributed by atoms with van der Waals surface area (Å²) < 4.78 is 15.0. The molecule has 1 aromatic rings. The van der Waals surface area contributed by atoms with E-state index in [1.54, 1.807) is 0 Å². The Morgan fingerprint density at radius 3 is 2.30 bits per heavy atom. The first-order valence-electron chi connectivity index (χ1n) is 8.80. The van der Waals surface area contributed by atoms with Crippen molar-refractivity contribution in [3.8, 4) is 0 Å². The molecule has 2 rings (SSSR count). The Balaban J connectivity index is 1.57. The van der Waals surface area contributed by atoms with Crippen molar-refractivity contribution in [2.45, 2.75) is 71.2 Å². The molecule has 0 saturated carbocycles. The van der Waals surface area contributed by atoms with Gasteiger partial charge in [0.25, 0.3) is 0 Å². The lowest BCUT2D eigenvalue weighted by Gasteiger charge is -2.09. The van der Waals surface area contributed by atoms with Crippen molar-refractivity contribution in [1.29, 1.82) is 0 Å². The van der Waals surface area contributed by atoms with Crippen LogP contribution in [0.2, 0.25) is 0 Å². The summed E-state index contributed by atoms with van der Waals surface area (Å²) in [5, 5.41) is 0. The molecule has 1 heterocycles. The van der Waals surface area contributed by atoms with Gasteiger partial charge in [-0.05, 0) is 24.0 Å². The zero-order valence-electron chi connectivity index (χ0n) is 14.1. The first kappa shape index (κ1) is 17.8. The molecule has 0 bridgehead atoms. The number of aryl methyl sites for hydroxylation is 1. The van der Waals surface area contributed by atoms with E-state index in [4.69, 9.17) is 9.47 Å². The molecule has 0 amide bonds. The van der Waals surface area contributed by atoms with E-state index in [0.29, 0.717) is 6.61 Å². The lowest BCUT2D eigenvalue weighted by Crippen LogP contribution is -2.14. The lowest BCUT2D eigenvalue weighted by atomic mass is 10.0. The number of hydrogen-bond donors (Lipinski definition) is 0. The van der Waals surface area contributed by atoms with Crippen molar-refractivity contribution in [2.75, 3.05) is 6.61 Å². The fourth-order valence-electron chi connectivity index (χ4n) is 2.67. The lowest BCUT2D eigenvalue weighted by molar-refractivity contribution is -0.0860.